The fourth-order valence-electron chi connectivity index (χ4n) is 2.02. The molecule has 0 aliphatic rings. The van der Waals surface area contributed by atoms with E-state index in [-0.39, 0.29) is 18.3 Å². The number of nitrogens with zero attached hydrogens (tertiary/aromatic N) is 3. The summed E-state index contributed by atoms with van der Waals surface area (Å²) in [7, 11) is 1.60. The van der Waals surface area contributed by atoms with E-state index in [0.29, 0.717) is 16.5 Å². The number of nitrogens with two attached hydrogens (primary N) is 1. The lowest BCUT2D eigenvalue weighted by molar-refractivity contribution is 0.111. The molecule has 0 aliphatic carbocycles. The van der Waals surface area contributed by atoms with Crippen LogP contribution in [0.5, 0.6) is 5.75 Å². The summed E-state index contributed by atoms with van der Waals surface area (Å²) in [5.74, 6) is 1.62. The Kier molecular flexibility index (Phi) is 5.15. The molecular formula is C17H15ClN4O3. The first-order valence-electron chi connectivity index (χ1n) is 7.34. The molecule has 0 spiro atoms. The molecule has 8 heteroatoms. The van der Waals surface area contributed by atoms with E-state index >= 15 is 0 Å². The third-order valence-corrected chi connectivity index (χ3v) is 3.51. The number of hydrogen-bond acceptors (Lipinski definition) is 6. The highest BCUT2D eigenvalue weighted by atomic mass is 35.5. The smallest absolute Gasteiger partial charge is 0.257 e. The van der Waals surface area contributed by atoms with E-state index in [0.717, 1.165) is 11.3 Å². The second-order valence-electron chi connectivity index (χ2n) is 4.99. The molecule has 0 saturated carbocycles. The van der Waals surface area contributed by atoms with Gasteiger partial charge in [-0.25, -0.2) is 0 Å². The summed E-state index contributed by atoms with van der Waals surface area (Å²) in [5, 5.41) is 12.3. The van der Waals surface area contributed by atoms with Crippen molar-refractivity contribution in [2.24, 2.45) is 10.9 Å². The van der Waals surface area contributed by atoms with E-state index in [1.165, 1.54) is 0 Å². The molecule has 0 fully saturated rings. The predicted molar refractivity (Wildman–Crippen MR) is 93.3 cm³/mol. The van der Waals surface area contributed by atoms with Crippen LogP contribution >= 0.6 is 11.6 Å². The Morgan fingerprint density at radius 1 is 1.20 bits per heavy atom. The average Bonchev–Trinajstić information content (AvgIpc) is 3.10. The van der Waals surface area contributed by atoms with Crippen molar-refractivity contribution in [2.45, 2.75) is 6.61 Å². The number of aromatic nitrogens is 2. The summed E-state index contributed by atoms with van der Waals surface area (Å²) in [6.07, 6.45) is 0. The number of rotatable bonds is 6. The maximum atomic E-state index is 5.91. The van der Waals surface area contributed by atoms with Gasteiger partial charge in [0, 0.05) is 16.1 Å². The van der Waals surface area contributed by atoms with Gasteiger partial charge >= 0.3 is 0 Å². The summed E-state index contributed by atoms with van der Waals surface area (Å²) in [6.45, 7) is 0.00439. The van der Waals surface area contributed by atoms with Crippen molar-refractivity contribution in [3.8, 4) is 17.2 Å². The molecule has 0 aliphatic heterocycles. The van der Waals surface area contributed by atoms with Gasteiger partial charge in [0.2, 0.25) is 5.89 Å². The first-order chi connectivity index (χ1) is 12.2. The highest BCUT2D eigenvalue weighted by Gasteiger charge is 2.09. The van der Waals surface area contributed by atoms with Gasteiger partial charge in [0.15, 0.2) is 12.4 Å². The van der Waals surface area contributed by atoms with E-state index in [4.69, 9.17) is 31.3 Å². The normalized spacial score (nSPS) is 11.4. The Hall–Kier alpha value is -3.06. The zero-order valence-electron chi connectivity index (χ0n) is 13.3. The molecule has 1 aromatic heterocycles. The van der Waals surface area contributed by atoms with Crippen LogP contribution in [0.2, 0.25) is 5.02 Å². The number of amidine groups is 1. The summed E-state index contributed by atoms with van der Waals surface area (Å²) >= 11 is 5.91. The van der Waals surface area contributed by atoms with Crippen LogP contribution in [0.4, 0.5) is 0 Å². The molecule has 3 aromatic rings. The Balaban J connectivity index is 1.62. The van der Waals surface area contributed by atoms with Crippen LogP contribution in [0.25, 0.3) is 11.5 Å². The fraction of sp³-hybridized carbons (Fsp3) is 0.118. The molecule has 0 bridgehead atoms. The molecule has 2 aromatic carbocycles. The fourth-order valence-corrected chi connectivity index (χ4v) is 2.21. The van der Waals surface area contributed by atoms with Crippen molar-refractivity contribution in [3.63, 3.8) is 0 Å². The van der Waals surface area contributed by atoms with E-state index in [1.54, 1.807) is 31.4 Å². The van der Waals surface area contributed by atoms with Gasteiger partial charge in [-0.05, 0) is 36.4 Å². The maximum Gasteiger partial charge on any atom is 0.257 e. The highest BCUT2D eigenvalue weighted by Crippen LogP contribution is 2.21. The van der Waals surface area contributed by atoms with Gasteiger partial charge in [-0.2, -0.15) is 0 Å². The summed E-state index contributed by atoms with van der Waals surface area (Å²) in [4.78, 5) is 5.17. The lowest BCUT2D eigenvalue weighted by Gasteiger charge is -2.01. The number of methoxy groups -OCH3 is 1. The summed E-state index contributed by atoms with van der Waals surface area (Å²) in [6, 6.07) is 14.3. The molecule has 7 nitrogen and oxygen atoms in total. The van der Waals surface area contributed by atoms with Crippen LogP contribution in [0.3, 0.4) is 0 Å². The first-order valence-corrected chi connectivity index (χ1v) is 7.71. The molecule has 2 N–H and O–H groups in total. The minimum absolute atomic E-state index is 0.00439. The van der Waals surface area contributed by atoms with Crippen molar-refractivity contribution in [3.05, 3.63) is 65.0 Å². The number of halogens is 1. The first kappa shape index (κ1) is 16.8. The maximum absolute atomic E-state index is 5.91. The molecule has 0 amide bonds. The minimum atomic E-state index is 0.00439. The lowest BCUT2D eigenvalue weighted by Crippen LogP contribution is -2.13. The van der Waals surface area contributed by atoms with Gasteiger partial charge < -0.3 is 19.7 Å². The number of benzene rings is 2. The van der Waals surface area contributed by atoms with E-state index in [1.807, 2.05) is 24.3 Å². The Labute approximate surface area is 149 Å². The number of hydrogen-bond donors (Lipinski definition) is 1. The van der Waals surface area contributed by atoms with Crippen LogP contribution in [0, 0.1) is 0 Å². The highest BCUT2D eigenvalue weighted by molar-refractivity contribution is 6.31. The van der Waals surface area contributed by atoms with Crippen molar-refractivity contribution >= 4 is 17.4 Å². The van der Waals surface area contributed by atoms with Crippen LogP contribution in [-0.2, 0) is 11.4 Å². The molecule has 1 heterocycles. The SMILES string of the molecule is COc1ccc(-c2nnc(CO/N=C(\N)c3cccc(Cl)c3)o2)cc1. The second kappa shape index (κ2) is 7.67. The van der Waals surface area contributed by atoms with Gasteiger partial charge in [-0.15, -0.1) is 10.2 Å². The Morgan fingerprint density at radius 3 is 2.72 bits per heavy atom. The largest absolute Gasteiger partial charge is 0.497 e. The quantitative estimate of drug-likeness (QED) is 0.413. The topological polar surface area (TPSA) is 95.8 Å². The van der Waals surface area contributed by atoms with E-state index in [9.17, 15) is 0 Å². The Bertz CT molecular complexity index is 878. The molecular weight excluding hydrogens is 344 g/mol. The van der Waals surface area contributed by atoms with Crippen LogP contribution in [0.1, 0.15) is 11.5 Å². The minimum Gasteiger partial charge on any atom is -0.497 e. The van der Waals surface area contributed by atoms with E-state index < -0.39 is 0 Å². The zero-order chi connectivity index (χ0) is 17.6. The monoisotopic (exact) mass is 358 g/mol. The summed E-state index contributed by atoms with van der Waals surface area (Å²) < 4.78 is 10.6. The van der Waals surface area contributed by atoms with Crippen molar-refractivity contribution in [2.75, 3.05) is 7.11 Å². The van der Waals surface area contributed by atoms with Crippen LogP contribution in [0.15, 0.2) is 58.1 Å². The van der Waals surface area contributed by atoms with Crippen molar-refractivity contribution in [1.82, 2.24) is 10.2 Å². The molecule has 128 valence electrons. The van der Waals surface area contributed by atoms with Crippen LogP contribution in [-0.4, -0.2) is 23.1 Å². The van der Waals surface area contributed by atoms with Crippen molar-refractivity contribution in [1.29, 1.82) is 0 Å². The van der Waals surface area contributed by atoms with Gasteiger partial charge in [-0.1, -0.05) is 28.9 Å². The zero-order valence-corrected chi connectivity index (χ0v) is 14.1. The second-order valence-corrected chi connectivity index (χ2v) is 5.43. The predicted octanol–water partition coefficient (Wildman–Crippen LogP) is 3.24. The molecule has 0 unspecified atom stereocenters. The third-order valence-electron chi connectivity index (χ3n) is 3.28. The molecule has 0 saturated heterocycles. The lowest BCUT2D eigenvalue weighted by atomic mass is 10.2. The average molecular weight is 359 g/mol. The Morgan fingerprint density at radius 2 is 2.00 bits per heavy atom. The van der Waals surface area contributed by atoms with Gasteiger partial charge in [0.25, 0.3) is 5.89 Å². The van der Waals surface area contributed by atoms with Crippen LogP contribution < -0.4 is 10.5 Å². The summed E-state index contributed by atoms with van der Waals surface area (Å²) in [5.41, 5.74) is 7.28. The van der Waals surface area contributed by atoms with Gasteiger partial charge in [0.05, 0.1) is 7.11 Å². The number of ether oxygens (including phenoxy) is 1. The standard InChI is InChI=1S/C17H15ClN4O3/c1-23-14-7-5-11(6-8-14)17-21-20-15(25-17)10-24-22-16(19)12-3-2-4-13(18)9-12/h2-9H,10H2,1H3,(H2,19,22). The third kappa shape index (κ3) is 4.27. The van der Waals surface area contributed by atoms with Gasteiger partial charge in [0.1, 0.15) is 5.75 Å². The molecule has 0 radical (unpaired) electrons. The molecule has 3 rings (SSSR count). The number of oxime groups is 1. The van der Waals surface area contributed by atoms with E-state index in [2.05, 4.69) is 15.4 Å². The molecule has 25 heavy (non-hydrogen) atoms. The van der Waals surface area contributed by atoms with Crippen molar-refractivity contribution < 1.29 is 14.0 Å². The van der Waals surface area contributed by atoms with Gasteiger partial charge in [-0.3, -0.25) is 0 Å². The molecule has 0 atom stereocenters.